The molecule has 1 aliphatic rings. The molecule has 7 nitrogen and oxygen atoms in total. The van der Waals surface area contributed by atoms with Gasteiger partial charge in [-0.3, -0.25) is 19.3 Å². The van der Waals surface area contributed by atoms with E-state index in [1.54, 1.807) is 25.5 Å². The molecule has 1 saturated carbocycles. The fraction of sp³-hybridized carbons (Fsp3) is 0.444. The Morgan fingerprint density at radius 2 is 2.08 bits per heavy atom. The summed E-state index contributed by atoms with van der Waals surface area (Å²) in [5.41, 5.74) is 1.20. The van der Waals surface area contributed by atoms with E-state index in [2.05, 4.69) is 20.7 Å². The summed E-state index contributed by atoms with van der Waals surface area (Å²) in [6, 6.07) is 5.32. The molecule has 1 aliphatic carbocycles. The number of hydrogen-bond donors (Lipinski definition) is 2. The van der Waals surface area contributed by atoms with Gasteiger partial charge in [0.05, 0.1) is 0 Å². The van der Waals surface area contributed by atoms with Crippen molar-refractivity contribution in [3.05, 3.63) is 41.9 Å². The summed E-state index contributed by atoms with van der Waals surface area (Å²) in [5, 5.41) is 9.90. The summed E-state index contributed by atoms with van der Waals surface area (Å²) in [6.45, 7) is 0.382. The van der Waals surface area contributed by atoms with Gasteiger partial charge in [0.25, 0.3) is 5.91 Å². The zero-order valence-electron chi connectivity index (χ0n) is 14.4. The minimum Gasteiger partial charge on any atom is -0.347 e. The van der Waals surface area contributed by atoms with E-state index in [4.69, 9.17) is 0 Å². The molecule has 2 heterocycles. The Morgan fingerprint density at radius 1 is 1.28 bits per heavy atom. The number of aromatic nitrogens is 3. The van der Waals surface area contributed by atoms with E-state index in [-0.39, 0.29) is 23.4 Å². The molecular weight excluding hydrogens is 318 g/mol. The molecule has 25 heavy (non-hydrogen) atoms. The molecule has 3 rings (SSSR count). The molecular formula is C18H23N5O2. The Balaban J connectivity index is 1.59. The number of anilines is 1. The molecule has 0 aromatic carbocycles. The first-order valence-corrected chi connectivity index (χ1v) is 8.65. The van der Waals surface area contributed by atoms with Crippen molar-refractivity contribution >= 4 is 17.6 Å². The molecule has 0 bridgehead atoms. The topological polar surface area (TPSA) is 88.9 Å². The Labute approximate surface area is 146 Å². The molecule has 0 radical (unpaired) electrons. The first-order valence-electron chi connectivity index (χ1n) is 8.65. The van der Waals surface area contributed by atoms with Gasteiger partial charge in [0.1, 0.15) is 5.82 Å². The fourth-order valence-corrected chi connectivity index (χ4v) is 3.06. The van der Waals surface area contributed by atoms with Crippen molar-refractivity contribution in [2.45, 2.75) is 38.6 Å². The summed E-state index contributed by atoms with van der Waals surface area (Å²) >= 11 is 0. The van der Waals surface area contributed by atoms with Crippen LogP contribution in [0.25, 0.3) is 0 Å². The second-order valence-corrected chi connectivity index (χ2v) is 6.41. The molecule has 2 N–H and O–H groups in total. The Kier molecular flexibility index (Phi) is 5.42. The second kappa shape index (κ2) is 7.92. The van der Waals surface area contributed by atoms with Crippen LogP contribution in [0.15, 0.2) is 30.6 Å². The van der Waals surface area contributed by atoms with Crippen LogP contribution >= 0.6 is 0 Å². The zero-order valence-corrected chi connectivity index (χ0v) is 14.4. The van der Waals surface area contributed by atoms with Crippen molar-refractivity contribution in [1.82, 2.24) is 20.1 Å². The van der Waals surface area contributed by atoms with E-state index in [9.17, 15) is 9.59 Å². The normalized spacial score (nSPS) is 14.9. The summed E-state index contributed by atoms with van der Waals surface area (Å²) in [7, 11) is 1.72. The fourth-order valence-electron chi connectivity index (χ4n) is 3.06. The van der Waals surface area contributed by atoms with E-state index in [0.717, 1.165) is 31.2 Å². The van der Waals surface area contributed by atoms with Crippen LogP contribution < -0.4 is 10.6 Å². The van der Waals surface area contributed by atoms with E-state index < -0.39 is 0 Å². The average molecular weight is 341 g/mol. The number of rotatable bonds is 5. The number of pyridine rings is 1. The lowest BCUT2D eigenvalue weighted by Crippen LogP contribution is -2.25. The lowest BCUT2D eigenvalue weighted by Gasteiger charge is -2.20. The van der Waals surface area contributed by atoms with Gasteiger partial charge in [-0.1, -0.05) is 25.3 Å². The van der Waals surface area contributed by atoms with Gasteiger partial charge < -0.3 is 10.6 Å². The molecule has 2 amide bonds. The SMILES string of the molecule is Cn1nc(C(=O)NCc2cccnc2)cc1NC(=O)C1CCCCC1. The van der Waals surface area contributed by atoms with Gasteiger partial charge in [-0.25, -0.2) is 0 Å². The molecule has 1 fully saturated rings. The quantitative estimate of drug-likeness (QED) is 0.873. The van der Waals surface area contributed by atoms with Gasteiger partial charge in [-0.2, -0.15) is 5.10 Å². The third-order valence-corrected chi connectivity index (χ3v) is 4.52. The van der Waals surface area contributed by atoms with Gasteiger partial charge in [-0.15, -0.1) is 0 Å². The summed E-state index contributed by atoms with van der Waals surface area (Å²) in [4.78, 5) is 28.6. The Hall–Kier alpha value is -2.70. The van der Waals surface area contributed by atoms with Crippen LogP contribution in [-0.4, -0.2) is 26.6 Å². The molecule has 0 saturated heterocycles. The van der Waals surface area contributed by atoms with Crippen molar-refractivity contribution in [3.63, 3.8) is 0 Å². The van der Waals surface area contributed by atoms with Gasteiger partial charge >= 0.3 is 0 Å². The summed E-state index contributed by atoms with van der Waals surface area (Å²) < 4.78 is 1.53. The van der Waals surface area contributed by atoms with Gasteiger partial charge in [0.15, 0.2) is 5.69 Å². The second-order valence-electron chi connectivity index (χ2n) is 6.41. The number of nitrogens with one attached hydrogen (secondary N) is 2. The Bertz CT molecular complexity index is 735. The number of carbonyl (C=O) groups excluding carboxylic acids is 2. The Morgan fingerprint density at radius 3 is 2.80 bits per heavy atom. The first-order chi connectivity index (χ1) is 12.1. The number of carbonyl (C=O) groups is 2. The van der Waals surface area contributed by atoms with E-state index in [0.29, 0.717) is 12.4 Å². The highest BCUT2D eigenvalue weighted by molar-refractivity contribution is 5.96. The van der Waals surface area contributed by atoms with E-state index in [1.165, 1.54) is 11.1 Å². The van der Waals surface area contributed by atoms with Crippen LogP contribution in [0.4, 0.5) is 5.82 Å². The molecule has 0 spiro atoms. The summed E-state index contributed by atoms with van der Waals surface area (Å²) in [5.74, 6) is 0.344. The maximum absolute atomic E-state index is 12.3. The number of nitrogens with zero attached hydrogens (tertiary/aromatic N) is 3. The van der Waals surface area contributed by atoms with E-state index >= 15 is 0 Å². The van der Waals surface area contributed by atoms with Crippen molar-refractivity contribution < 1.29 is 9.59 Å². The maximum atomic E-state index is 12.3. The highest BCUT2D eigenvalue weighted by Crippen LogP contribution is 2.25. The molecule has 0 aliphatic heterocycles. The van der Waals surface area contributed by atoms with Crippen molar-refractivity contribution in [2.24, 2.45) is 13.0 Å². The predicted molar refractivity (Wildman–Crippen MR) is 93.8 cm³/mol. The number of hydrogen-bond acceptors (Lipinski definition) is 4. The largest absolute Gasteiger partial charge is 0.347 e. The third kappa shape index (κ3) is 4.43. The molecule has 7 heteroatoms. The lowest BCUT2D eigenvalue weighted by molar-refractivity contribution is -0.120. The van der Waals surface area contributed by atoms with Crippen LogP contribution in [0.3, 0.4) is 0 Å². The van der Waals surface area contributed by atoms with Gasteiger partial charge in [-0.05, 0) is 24.5 Å². The summed E-state index contributed by atoms with van der Waals surface area (Å²) in [6.07, 6.45) is 8.66. The molecule has 132 valence electrons. The van der Waals surface area contributed by atoms with Crippen LogP contribution in [0.5, 0.6) is 0 Å². The molecule has 2 aromatic heterocycles. The molecule has 0 unspecified atom stereocenters. The minimum absolute atomic E-state index is 0.0185. The molecule has 0 atom stereocenters. The van der Waals surface area contributed by atoms with Crippen molar-refractivity contribution in [2.75, 3.05) is 5.32 Å². The van der Waals surface area contributed by atoms with Crippen molar-refractivity contribution in [3.8, 4) is 0 Å². The van der Waals surface area contributed by atoms with Crippen LogP contribution in [0.1, 0.15) is 48.2 Å². The lowest BCUT2D eigenvalue weighted by atomic mass is 9.89. The average Bonchev–Trinajstić information content (AvgIpc) is 3.02. The maximum Gasteiger partial charge on any atom is 0.272 e. The van der Waals surface area contributed by atoms with Crippen LogP contribution in [0.2, 0.25) is 0 Å². The number of aryl methyl sites for hydroxylation is 1. The monoisotopic (exact) mass is 341 g/mol. The first kappa shape index (κ1) is 17.1. The minimum atomic E-state index is -0.280. The zero-order chi connectivity index (χ0) is 17.6. The highest BCUT2D eigenvalue weighted by Gasteiger charge is 2.22. The standard InChI is InChI=1S/C18H23N5O2/c1-23-16(21-17(24)14-7-3-2-4-8-14)10-15(22-23)18(25)20-12-13-6-5-9-19-11-13/h5-6,9-11,14H,2-4,7-8,12H2,1H3,(H,20,25)(H,21,24). The highest BCUT2D eigenvalue weighted by atomic mass is 16.2. The predicted octanol–water partition coefficient (Wildman–Crippen LogP) is 2.26. The van der Waals surface area contributed by atoms with Crippen molar-refractivity contribution in [1.29, 1.82) is 0 Å². The third-order valence-electron chi connectivity index (χ3n) is 4.52. The van der Waals surface area contributed by atoms with E-state index in [1.807, 2.05) is 12.1 Å². The molecule has 2 aromatic rings. The number of amides is 2. The van der Waals surface area contributed by atoms with Crippen LogP contribution in [-0.2, 0) is 18.4 Å². The van der Waals surface area contributed by atoms with Crippen LogP contribution in [0, 0.1) is 5.92 Å². The van der Waals surface area contributed by atoms with Gasteiger partial charge in [0, 0.05) is 38.0 Å². The van der Waals surface area contributed by atoms with Gasteiger partial charge in [0.2, 0.25) is 5.91 Å². The smallest absolute Gasteiger partial charge is 0.272 e.